The van der Waals surface area contributed by atoms with Crippen LogP contribution >= 0.6 is 0 Å². The number of fused-ring (bicyclic) bond motifs is 2. The number of rotatable bonds is 1. The Bertz CT molecular complexity index is 685. The topological polar surface area (TPSA) is 75.4 Å². The molecule has 0 radical (unpaired) electrons. The minimum Gasteiger partial charge on any atom is -0.384 e. The molecule has 2 aromatic rings. The zero-order valence-corrected chi connectivity index (χ0v) is 11.4. The molecule has 2 aromatic heterocycles. The normalized spacial score (nSPS) is 13.8. The lowest BCUT2D eigenvalue weighted by Crippen LogP contribution is -2.25. The summed E-state index contributed by atoms with van der Waals surface area (Å²) in [5, 5.41) is 0. The first-order valence-electron chi connectivity index (χ1n) is 6.40. The molecule has 1 aliphatic heterocycles. The number of anilines is 4. The first-order chi connectivity index (χ1) is 9.63. The number of carbonyl (C=O) groups excluding carboxylic acids is 1. The molecule has 2 N–H and O–H groups in total. The minimum atomic E-state index is -0.100. The Balaban J connectivity index is 2.32. The standard InChI is InChI=1S/C14H15N5O/c1-3-19-12-9(5-4-8-16-12)14(20)18(2)10-6-7-11(15)17-13(10)19/h4-8H,3H2,1-2H3,(H2,15,17). The molecule has 0 bridgehead atoms. The van der Waals surface area contributed by atoms with Crippen LogP contribution in [0.4, 0.5) is 23.1 Å². The predicted molar refractivity (Wildman–Crippen MR) is 78.3 cm³/mol. The summed E-state index contributed by atoms with van der Waals surface area (Å²) >= 11 is 0. The molecule has 0 atom stereocenters. The fraction of sp³-hybridized carbons (Fsp3) is 0.214. The minimum absolute atomic E-state index is 0.100. The highest BCUT2D eigenvalue weighted by Gasteiger charge is 2.30. The van der Waals surface area contributed by atoms with Crippen LogP contribution in [0, 0.1) is 0 Å². The summed E-state index contributed by atoms with van der Waals surface area (Å²) in [6.45, 7) is 2.64. The Labute approximate surface area is 116 Å². The molecular formula is C14H15N5O. The largest absolute Gasteiger partial charge is 0.384 e. The Hall–Kier alpha value is -2.63. The molecular weight excluding hydrogens is 254 g/mol. The molecule has 0 aliphatic carbocycles. The third kappa shape index (κ3) is 1.69. The number of amides is 1. The first kappa shape index (κ1) is 12.4. The molecule has 3 heterocycles. The zero-order chi connectivity index (χ0) is 14.3. The maximum atomic E-state index is 12.5. The lowest BCUT2D eigenvalue weighted by Gasteiger charge is -2.22. The first-order valence-corrected chi connectivity index (χ1v) is 6.40. The van der Waals surface area contributed by atoms with Crippen molar-refractivity contribution in [2.75, 3.05) is 29.1 Å². The van der Waals surface area contributed by atoms with Crippen molar-refractivity contribution >= 4 is 29.0 Å². The van der Waals surface area contributed by atoms with E-state index in [-0.39, 0.29) is 5.91 Å². The highest BCUT2D eigenvalue weighted by atomic mass is 16.2. The van der Waals surface area contributed by atoms with Crippen molar-refractivity contribution in [3.63, 3.8) is 0 Å². The number of aromatic nitrogens is 2. The van der Waals surface area contributed by atoms with Crippen LogP contribution in [0.15, 0.2) is 30.5 Å². The van der Waals surface area contributed by atoms with Gasteiger partial charge in [-0.1, -0.05) is 0 Å². The summed E-state index contributed by atoms with van der Waals surface area (Å²) in [7, 11) is 1.73. The van der Waals surface area contributed by atoms with E-state index in [1.807, 2.05) is 17.9 Å². The van der Waals surface area contributed by atoms with Gasteiger partial charge in [-0.3, -0.25) is 4.79 Å². The van der Waals surface area contributed by atoms with E-state index in [4.69, 9.17) is 5.73 Å². The van der Waals surface area contributed by atoms with E-state index < -0.39 is 0 Å². The van der Waals surface area contributed by atoms with Crippen molar-refractivity contribution in [3.8, 4) is 0 Å². The van der Waals surface area contributed by atoms with Gasteiger partial charge in [0.15, 0.2) is 5.82 Å². The molecule has 0 unspecified atom stereocenters. The summed E-state index contributed by atoms with van der Waals surface area (Å²) in [6, 6.07) is 7.04. The van der Waals surface area contributed by atoms with Gasteiger partial charge in [0.2, 0.25) is 0 Å². The molecule has 102 valence electrons. The van der Waals surface area contributed by atoms with Gasteiger partial charge in [0.1, 0.15) is 11.6 Å². The third-order valence-electron chi connectivity index (χ3n) is 3.39. The Kier molecular flexibility index (Phi) is 2.78. The van der Waals surface area contributed by atoms with Gasteiger partial charge in [0.05, 0.1) is 11.3 Å². The SMILES string of the molecule is CCN1c2ncccc2C(=O)N(C)c2ccc(N)nc21. The third-order valence-corrected chi connectivity index (χ3v) is 3.39. The van der Waals surface area contributed by atoms with E-state index in [0.29, 0.717) is 29.6 Å². The summed E-state index contributed by atoms with van der Waals surface area (Å²) in [5.41, 5.74) is 7.08. The fourth-order valence-corrected chi connectivity index (χ4v) is 2.39. The van der Waals surface area contributed by atoms with Crippen molar-refractivity contribution < 1.29 is 4.79 Å². The van der Waals surface area contributed by atoms with Crippen LogP contribution in [-0.4, -0.2) is 29.5 Å². The van der Waals surface area contributed by atoms with Crippen LogP contribution in [0.25, 0.3) is 0 Å². The molecule has 0 saturated heterocycles. The monoisotopic (exact) mass is 269 g/mol. The number of hydrogen-bond acceptors (Lipinski definition) is 5. The molecule has 3 rings (SSSR count). The molecule has 20 heavy (non-hydrogen) atoms. The summed E-state index contributed by atoms with van der Waals surface area (Å²) < 4.78 is 0. The average Bonchev–Trinajstić information content (AvgIpc) is 2.55. The lowest BCUT2D eigenvalue weighted by atomic mass is 10.2. The molecule has 0 spiro atoms. The van der Waals surface area contributed by atoms with E-state index in [0.717, 1.165) is 5.69 Å². The van der Waals surface area contributed by atoms with Gasteiger partial charge in [0, 0.05) is 19.8 Å². The van der Waals surface area contributed by atoms with Gasteiger partial charge in [-0.2, -0.15) is 0 Å². The number of nitrogens with zero attached hydrogens (tertiary/aromatic N) is 4. The van der Waals surface area contributed by atoms with Crippen LogP contribution in [0.2, 0.25) is 0 Å². The maximum Gasteiger partial charge on any atom is 0.261 e. The number of carbonyl (C=O) groups is 1. The molecule has 0 saturated carbocycles. The van der Waals surface area contributed by atoms with E-state index in [1.165, 1.54) is 0 Å². The van der Waals surface area contributed by atoms with Crippen LogP contribution in [0.3, 0.4) is 0 Å². The molecule has 1 amide bonds. The highest BCUT2D eigenvalue weighted by molar-refractivity contribution is 6.12. The second-order valence-corrected chi connectivity index (χ2v) is 4.56. The van der Waals surface area contributed by atoms with Crippen molar-refractivity contribution in [1.82, 2.24) is 9.97 Å². The van der Waals surface area contributed by atoms with E-state index in [2.05, 4.69) is 9.97 Å². The number of hydrogen-bond donors (Lipinski definition) is 1. The quantitative estimate of drug-likeness (QED) is 0.854. The van der Waals surface area contributed by atoms with Crippen LogP contribution < -0.4 is 15.5 Å². The van der Waals surface area contributed by atoms with Gasteiger partial charge >= 0.3 is 0 Å². The molecule has 0 aromatic carbocycles. The number of nitrogens with two attached hydrogens (primary N) is 1. The van der Waals surface area contributed by atoms with Gasteiger partial charge in [-0.15, -0.1) is 0 Å². The van der Waals surface area contributed by atoms with E-state index in [9.17, 15) is 4.79 Å². The Morgan fingerprint density at radius 2 is 2.05 bits per heavy atom. The van der Waals surface area contributed by atoms with Crippen molar-refractivity contribution in [3.05, 3.63) is 36.0 Å². The maximum absolute atomic E-state index is 12.5. The van der Waals surface area contributed by atoms with Gasteiger partial charge in [-0.05, 0) is 31.2 Å². The van der Waals surface area contributed by atoms with E-state index in [1.54, 1.807) is 36.3 Å². The van der Waals surface area contributed by atoms with Crippen molar-refractivity contribution in [1.29, 1.82) is 0 Å². The van der Waals surface area contributed by atoms with Crippen molar-refractivity contribution in [2.24, 2.45) is 0 Å². The average molecular weight is 269 g/mol. The smallest absolute Gasteiger partial charge is 0.261 e. The Morgan fingerprint density at radius 1 is 1.25 bits per heavy atom. The Morgan fingerprint density at radius 3 is 2.80 bits per heavy atom. The molecule has 6 nitrogen and oxygen atoms in total. The summed E-state index contributed by atoms with van der Waals surface area (Å²) in [4.78, 5) is 24.8. The summed E-state index contributed by atoms with van der Waals surface area (Å²) in [6.07, 6.45) is 1.67. The van der Waals surface area contributed by atoms with Crippen LogP contribution in [0.1, 0.15) is 17.3 Å². The summed E-state index contributed by atoms with van der Waals surface area (Å²) in [5.74, 6) is 1.59. The van der Waals surface area contributed by atoms with Gasteiger partial charge in [0.25, 0.3) is 5.91 Å². The van der Waals surface area contributed by atoms with Crippen LogP contribution in [-0.2, 0) is 0 Å². The highest BCUT2D eigenvalue weighted by Crippen LogP contribution is 2.37. The van der Waals surface area contributed by atoms with Gasteiger partial charge < -0.3 is 15.5 Å². The fourth-order valence-electron chi connectivity index (χ4n) is 2.39. The van der Waals surface area contributed by atoms with Crippen LogP contribution in [0.5, 0.6) is 0 Å². The second kappa shape index (κ2) is 4.48. The second-order valence-electron chi connectivity index (χ2n) is 4.56. The number of nitrogen functional groups attached to an aromatic ring is 1. The predicted octanol–water partition coefficient (Wildman–Crippen LogP) is 1.81. The van der Waals surface area contributed by atoms with E-state index >= 15 is 0 Å². The zero-order valence-electron chi connectivity index (χ0n) is 11.4. The van der Waals surface area contributed by atoms with Crippen molar-refractivity contribution in [2.45, 2.75) is 6.92 Å². The van der Waals surface area contributed by atoms with Gasteiger partial charge in [-0.25, -0.2) is 9.97 Å². The lowest BCUT2D eigenvalue weighted by molar-refractivity contribution is 0.0994. The molecule has 1 aliphatic rings. The number of pyridine rings is 2. The molecule has 6 heteroatoms. The molecule has 0 fully saturated rings.